The molecule has 0 aliphatic carbocycles. The van der Waals surface area contributed by atoms with Crippen molar-refractivity contribution in [1.82, 2.24) is 10.3 Å². The molecule has 5 nitrogen and oxygen atoms in total. The third kappa shape index (κ3) is 2.24. The lowest BCUT2D eigenvalue weighted by Gasteiger charge is -2.28. The van der Waals surface area contributed by atoms with E-state index in [1.807, 2.05) is 0 Å². The lowest BCUT2D eigenvalue weighted by molar-refractivity contribution is 0.585. The summed E-state index contributed by atoms with van der Waals surface area (Å²) in [5.74, 6) is 0.727. The van der Waals surface area contributed by atoms with Gasteiger partial charge < -0.3 is 10.2 Å². The number of anilines is 1. The zero-order chi connectivity index (χ0) is 10.7. The van der Waals surface area contributed by atoms with E-state index in [0.717, 1.165) is 32.0 Å². The third-order valence-corrected chi connectivity index (χ3v) is 2.61. The van der Waals surface area contributed by atoms with Crippen molar-refractivity contribution in [2.75, 3.05) is 31.1 Å². The monoisotopic (exact) mass is 226 g/mol. The van der Waals surface area contributed by atoms with Crippen molar-refractivity contribution in [2.24, 2.45) is 5.18 Å². The molecule has 0 aromatic carbocycles. The molecule has 0 saturated carbocycles. The van der Waals surface area contributed by atoms with E-state index in [9.17, 15) is 4.91 Å². The topological polar surface area (TPSA) is 57.6 Å². The van der Waals surface area contributed by atoms with Crippen molar-refractivity contribution in [3.63, 3.8) is 0 Å². The van der Waals surface area contributed by atoms with Gasteiger partial charge in [0.15, 0.2) is 0 Å². The molecule has 2 rings (SSSR count). The van der Waals surface area contributed by atoms with E-state index in [0.29, 0.717) is 5.02 Å². The Morgan fingerprint density at radius 3 is 2.80 bits per heavy atom. The van der Waals surface area contributed by atoms with Crippen molar-refractivity contribution in [3.8, 4) is 0 Å². The molecule has 2 heterocycles. The first kappa shape index (κ1) is 10.3. The molecule has 0 amide bonds. The molecule has 1 aliphatic rings. The van der Waals surface area contributed by atoms with Gasteiger partial charge in [0.25, 0.3) is 0 Å². The van der Waals surface area contributed by atoms with Gasteiger partial charge in [-0.15, -0.1) is 4.91 Å². The lowest BCUT2D eigenvalue weighted by Crippen LogP contribution is -2.44. The molecule has 0 spiro atoms. The van der Waals surface area contributed by atoms with Crippen LogP contribution in [0.1, 0.15) is 0 Å². The Labute approximate surface area is 92.4 Å². The Balaban J connectivity index is 2.23. The highest BCUT2D eigenvalue weighted by molar-refractivity contribution is 6.33. The fourth-order valence-electron chi connectivity index (χ4n) is 1.58. The summed E-state index contributed by atoms with van der Waals surface area (Å²) in [6.07, 6.45) is 1.44. The van der Waals surface area contributed by atoms with Crippen molar-refractivity contribution < 1.29 is 0 Å². The van der Waals surface area contributed by atoms with Crippen LogP contribution < -0.4 is 10.2 Å². The number of nitrogens with zero attached hydrogens (tertiary/aromatic N) is 3. The molecule has 1 aromatic heterocycles. The fourth-order valence-corrected chi connectivity index (χ4v) is 1.86. The number of pyridine rings is 1. The van der Waals surface area contributed by atoms with Crippen molar-refractivity contribution in [2.45, 2.75) is 0 Å². The second kappa shape index (κ2) is 4.55. The Hall–Kier alpha value is -1.20. The maximum atomic E-state index is 10.3. The minimum atomic E-state index is 0.263. The number of halogens is 1. The number of nitrogens with one attached hydrogen (secondary N) is 1. The summed E-state index contributed by atoms with van der Waals surface area (Å²) in [5, 5.41) is 6.52. The summed E-state index contributed by atoms with van der Waals surface area (Å²) in [5.41, 5.74) is 0.263. The summed E-state index contributed by atoms with van der Waals surface area (Å²) >= 11 is 6.02. The van der Waals surface area contributed by atoms with Gasteiger partial charge in [-0.3, -0.25) is 0 Å². The first-order valence-electron chi connectivity index (χ1n) is 4.76. The molecule has 0 radical (unpaired) electrons. The summed E-state index contributed by atoms with van der Waals surface area (Å²) in [6, 6.07) is 1.54. The summed E-state index contributed by atoms with van der Waals surface area (Å²) < 4.78 is 0. The maximum Gasteiger partial charge on any atom is 0.147 e. The van der Waals surface area contributed by atoms with E-state index >= 15 is 0 Å². The first-order chi connectivity index (χ1) is 7.31. The van der Waals surface area contributed by atoms with Crippen LogP contribution in [0.5, 0.6) is 0 Å². The van der Waals surface area contributed by atoms with Crippen LogP contribution >= 0.6 is 11.6 Å². The molecule has 80 valence electrons. The van der Waals surface area contributed by atoms with E-state index in [2.05, 4.69) is 20.4 Å². The van der Waals surface area contributed by atoms with Crippen molar-refractivity contribution in [1.29, 1.82) is 0 Å². The van der Waals surface area contributed by atoms with Gasteiger partial charge in [0, 0.05) is 26.2 Å². The largest absolute Gasteiger partial charge is 0.353 e. The highest BCUT2D eigenvalue weighted by Gasteiger charge is 2.15. The van der Waals surface area contributed by atoms with Gasteiger partial charge in [-0.05, 0) is 11.2 Å². The van der Waals surface area contributed by atoms with E-state index in [-0.39, 0.29) is 5.69 Å². The van der Waals surface area contributed by atoms with Crippen LogP contribution in [0.3, 0.4) is 0 Å². The number of hydrogen-bond acceptors (Lipinski definition) is 5. The van der Waals surface area contributed by atoms with Crippen LogP contribution in [0.2, 0.25) is 5.02 Å². The molecule has 1 aliphatic heterocycles. The number of nitroso groups, excluding NO2 is 1. The van der Waals surface area contributed by atoms with Gasteiger partial charge in [-0.1, -0.05) is 11.6 Å². The molecule has 0 bridgehead atoms. The molecule has 1 fully saturated rings. The Morgan fingerprint density at radius 1 is 1.47 bits per heavy atom. The summed E-state index contributed by atoms with van der Waals surface area (Å²) in [4.78, 5) is 16.5. The first-order valence-corrected chi connectivity index (χ1v) is 5.13. The van der Waals surface area contributed by atoms with Gasteiger partial charge in [0.2, 0.25) is 0 Å². The number of piperazine rings is 1. The van der Waals surface area contributed by atoms with E-state index < -0.39 is 0 Å². The van der Waals surface area contributed by atoms with Gasteiger partial charge in [0.1, 0.15) is 11.5 Å². The highest BCUT2D eigenvalue weighted by Crippen LogP contribution is 2.27. The zero-order valence-corrected chi connectivity index (χ0v) is 8.87. The average molecular weight is 227 g/mol. The standard InChI is InChI=1S/C9H11ClN4O/c10-8-5-7(13-15)6-12-9(8)14-3-1-11-2-4-14/h5-6,11H,1-4H2. The van der Waals surface area contributed by atoms with Gasteiger partial charge in [0.05, 0.1) is 11.2 Å². The quantitative estimate of drug-likeness (QED) is 0.778. The van der Waals surface area contributed by atoms with Crippen LogP contribution in [-0.4, -0.2) is 31.2 Å². The van der Waals surface area contributed by atoms with Crippen molar-refractivity contribution >= 4 is 23.1 Å². The van der Waals surface area contributed by atoms with Gasteiger partial charge in [-0.2, -0.15) is 0 Å². The molecule has 1 aromatic rings. The van der Waals surface area contributed by atoms with Crippen LogP contribution in [0.25, 0.3) is 0 Å². The van der Waals surface area contributed by atoms with Crippen LogP contribution in [0, 0.1) is 4.91 Å². The molecule has 6 heteroatoms. The molecular formula is C9H11ClN4O. The minimum Gasteiger partial charge on any atom is -0.353 e. The third-order valence-electron chi connectivity index (χ3n) is 2.33. The van der Waals surface area contributed by atoms with E-state index in [1.54, 1.807) is 6.07 Å². The predicted octanol–water partition coefficient (Wildman–Crippen LogP) is 1.54. The Kier molecular flexibility index (Phi) is 3.13. The second-order valence-corrected chi connectivity index (χ2v) is 3.73. The predicted molar refractivity (Wildman–Crippen MR) is 59.8 cm³/mol. The normalized spacial score (nSPS) is 16.5. The second-order valence-electron chi connectivity index (χ2n) is 3.33. The molecule has 0 unspecified atom stereocenters. The van der Waals surface area contributed by atoms with Crippen LogP contribution in [-0.2, 0) is 0 Å². The zero-order valence-electron chi connectivity index (χ0n) is 8.11. The van der Waals surface area contributed by atoms with Crippen LogP contribution in [0.15, 0.2) is 17.4 Å². The van der Waals surface area contributed by atoms with Gasteiger partial charge in [-0.25, -0.2) is 4.98 Å². The smallest absolute Gasteiger partial charge is 0.147 e. The lowest BCUT2D eigenvalue weighted by atomic mass is 10.3. The van der Waals surface area contributed by atoms with Gasteiger partial charge >= 0.3 is 0 Å². The van der Waals surface area contributed by atoms with Crippen LogP contribution in [0.4, 0.5) is 11.5 Å². The fraction of sp³-hybridized carbons (Fsp3) is 0.444. The summed E-state index contributed by atoms with van der Waals surface area (Å²) in [6.45, 7) is 3.60. The molecular weight excluding hydrogens is 216 g/mol. The molecule has 1 N–H and O–H groups in total. The Bertz CT molecular complexity index is 365. The van der Waals surface area contributed by atoms with E-state index in [1.165, 1.54) is 6.20 Å². The molecule has 1 saturated heterocycles. The number of aromatic nitrogens is 1. The average Bonchev–Trinajstić information content (AvgIpc) is 2.30. The Morgan fingerprint density at radius 2 is 2.20 bits per heavy atom. The van der Waals surface area contributed by atoms with E-state index in [4.69, 9.17) is 11.6 Å². The number of hydrogen-bond donors (Lipinski definition) is 1. The molecule has 0 atom stereocenters. The minimum absolute atomic E-state index is 0.263. The summed E-state index contributed by atoms with van der Waals surface area (Å²) in [7, 11) is 0. The SMILES string of the molecule is O=Nc1cnc(N2CCNCC2)c(Cl)c1. The number of rotatable bonds is 2. The molecule has 15 heavy (non-hydrogen) atoms. The maximum absolute atomic E-state index is 10.3. The highest BCUT2D eigenvalue weighted by atomic mass is 35.5. The van der Waals surface area contributed by atoms with Crippen molar-refractivity contribution in [3.05, 3.63) is 22.2 Å².